The quantitative estimate of drug-likeness (QED) is 0.283. The molecule has 0 aliphatic heterocycles. The second kappa shape index (κ2) is 10.5. The van der Waals surface area contributed by atoms with Crippen LogP contribution in [0.2, 0.25) is 0 Å². The molecule has 1 unspecified atom stereocenters. The summed E-state index contributed by atoms with van der Waals surface area (Å²) >= 11 is 0. The first-order valence-electron chi connectivity index (χ1n) is 9.12. The van der Waals surface area contributed by atoms with Crippen molar-refractivity contribution in [1.29, 1.82) is 0 Å². The zero-order valence-electron chi connectivity index (χ0n) is 17.1. The minimum atomic E-state index is -4.85. The van der Waals surface area contributed by atoms with Crippen LogP contribution in [0.1, 0.15) is 17.4 Å². The number of hydrogen-bond acceptors (Lipinski definition) is 5. The van der Waals surface area contributed by atoms with Gasteiger partial charge in [0.15, 0.2) is 13.2 Å². The Morgan fingerprint density at radius 3 is 2.00 bits per heavy atom. The number of benzene rings is 2. The Morgan fingerprint density at radius 1 is 0.971 bits per heavy atom. The molecule has 0 spiro atoms. The molecule has 0 aliphatic rings. The summed E-state index contributed by atoms with van der Waals surface area (Å²) in [4.78, 5) is 11.9. The van der Waals surface area contributed by atoms with Crippen molar-refractivity contribution in [2.75, 3.05) is 7.05 Å². The van der Waals surface area contributed by atoms with Gasteiger partial charge < -0.3 is 9.84 Å². The molecule has 6 nitrogen and oxygen atoms in total. The van der Waals surface area contributed by atoms with E-state index in [1.807, 2.05) is 0 Å². The molecular weight excluding hydrogens is 477 g/mol. The number of aliphatic hydroxyl groups excluding tert-OH is 1. The highest BCUT2D eigenvalue weighted by molar-refractivity contribution is 5.63. The highest BCUT2D eigenvalue weighted by atomic mass is 19.4. The van der Waals surface area contributed by atoms with E-state index in [1.165, 1.54) is 18.2 Å². The molecule has 0 aliphatic carbocycles. The molecule has 34 heavy (non-hydrogen) atoms. The van der Waals surface area contributed by atoms with Crippen LogP contribution in [-0.2, 0) is 5.92 Å². The van der Waals surface area contributed by atoms with Gasteiger partial charge in [0.2, 0.25) is 0 Å². The fourth-order valence-electron chi connectivity index (χ4n) is 2.67. The second-order valence-corrected chi connectivity index (χ2v) is 6.64. The van der Waals surface area contributed by atoms with Gasteiger partial charge in [-0.2, -0.15) is 8.78 Å². The van der Waals surface area contributed by atoms with Crippen LogP contribution < -0.4 is 4.74 Å². The lowest BCUT2D eigenvalue weighted by molar-refractivity contribution is -0.445. The molecule has 0 saturated heterocycles. The van der Waals surface area contributed by atoms with Crippen LogP contribution in [0.25, 0.3) is 11.1 Å². The fourth-order valence-corrected chi connectivity index (χ4v) is 2.67. The van der Waals surface area contributed by atoms with Gasteiger partial charge in [0.25, 0.3) is 0 Å². The van der Waals surface area contributed by atoms with E-state index in [2.05, 4.69) is 9.72 Å². The highest BCUT2D eigenvalue weighted by Gasteiger charge is 2.44. The summed E-state index contributed by atoms with van der Waals surface area (Å²) in [7, 11) is 0.889. The average Bonchev–Trinajstić information content (AvgIpc) is 2.72. The topological polar surface area (TPSA) is 85.5 Å². The number of nitrogens with zero attached hydrogens (tertiary/aromatic N) is 2. The van der Waals surface area contributed by atoms with Crippen LogP contribution in [0.15, 0.2) is 60.8 Å². The number of nitro groups is 1. The summed E-state index contributed by atoms with van der Waals surface area (Å²) in [5.74, 6) is -6.77. The molecule has 0 radical (unpaired) electrons. The predicted molar refractivity (Wildman–Crippen MR) is 104 cm³/mol. The van der Waals surface area contributed by atoms with E-state index in [0.29, 0.717) is 23.3 Å². The van der Waals surface area contributed by atoms with Crippen LogP contribution in [0.4, 0.5) is 30.7 Å². The van der Waals surface area contributed by atoms with E-state index in [4.69, 9.17) is 10.1 Å². The minimum absolute atomic E-state index is 0.301. The molecule has 1 aromatic heterocycles. The van der Waals surface area contributed by atoms with E-state index in [1.54, 1.807) is 0 Å². The molecular formula is C21H15F7N2O4. The number of ether oxygens (including phenoxy) is 1. The first kappa shape index (κ1) is 26.5. The molecule has 2 aromatic carbocycles. The Bertz CT molecular complexity index is 1120. The molecule has 1 atom stereocenters. The van der Waals surface area contributed by atoms with Crippen molar-refractivity contribution in [3.63, 3.8) is 0 Å². The van der Waals surface area contributed by atoms with Gasteiger partial charge in [-0.15, -0.1) is 13.2 Å². The third kappa shape index (κ3) is 7.13. The Morgan fingerprint density at radius 2 is 1.53 bits per heavy atom. The summed E-state index contributed by atoms with van der Waals surface area (Å²) in [6.07, 6.45) is -6.44. The molecule has 3 aromatic rings. The maximum absolute atomic E-state index is 14.6. The van der Waals surface area contributed by atoms with Gasteiger partial charge in [0.05, 0.1) is 0 Å². The Labute approximate surface area is 187 Å². The van der Waals surface area contributed by atoms with Crippen molar-refractivity contribution in [1.82, 2.24) is 4.98 Å². The zero-order chi connectivity index (χ0) is 25.7. The van der Waals surface area contributed by atoms with E-state index in [9.17, 15) is 35.8 Å². The molecule has 0 saturated carbocycles. The van der Waals surface area contributed by atoms with Crippen LogP contribution in [0.5, 0.6) is 5.75 Å². The Kier molecular flexibility index (Phi) is 8.16. The van der Waals surface area contributed by atoms with Crippen LogP contribution in [0.3, 0.4) is 0 Å². The van der Waals surface area contributed by atoms with Gasteiger partial charge in [-0.1, -0.05) is 24.3 Å². The predicted octanol–water partition coefficient (Wildman–Crippen LogP) is 5.64. The number of rotatable bonds is 5. The maximum Gasteiger partial charge on any atom is 0.573 e. The fraction of sp³-hybridized carbons (Fsp3) is 0.190. The molecule has 0 bridgehead atoms. The van der Waals surface area contributed by atoms with Crippen molar-refractivity contribution >= 4 is 0 Å². The van der Waals surface area contributed by atoms with E-state index >= 15 is 0 Å². The lowest BCUT2D eigenvalue weighted by Gasteiger charge is -2.23. The largest absolute Gasteiger partial charge is 0.573 e. The maximum atomic E-state index is 14.6. The second-order valence-electron chi connectivity index (χ2n) is 6.64. The van der Waals surface area contributed by atoms with Crippen molar-refractivity contribution in [3.8, 4) is 16.9 Å². The summed E-state index contributed by atoms with van der Waals surface area (Å²) < 4.78 is 96.1. The molecule has 1 N–H and O–H groups in total. The molecule has 0 amide bonds. The number of aromatic nitrogens is 1. The third-order valence-electron chi connectivity index (χ3n) is 4.13. The normalized spacial score (nSPS) is 12.4. The highest BCUT2D eigenvalue weighted by Crippen LogP contribution is 2.40. The first-order valence-corrected chi connectivity index (χ1v) is 9.12. The molecule has 3 rings (SSSR count). The first-order chi connectivity index (χ1) is 15.7. The molecule has 182 valence electrons. The number of aliphatic hydroxyl groups is 1. The summed E-state index contributed by atoms with van der Waals surface area (Å²) in [5.41, 5.74) is -1.00. The molecule has 0 fully saturated rings. The van der Waals surface area contributed by atoms with E-state index < -0.39 is 52.0 Å². The number of hydrogen-bond donors (Lipinski definition) is 1. The van der Waals surface area contributed by atoms with Gasteiger partial charge >= 0.3 is 12.3 Å². The lowest BCUT2D eigenvalue weighted by Crippen LogP contribution is -2.25. The van der Waals surface area contributed by atoms with Crippen LogP contribution in [-0.4, -0.2) is 28.4 Å². The van der Waals surface area contributed by atoms with Crippen molar-refractivity contribution in [3.05, 3.63) is 93.8 Å². The van der Waals surface area contributed by atoms with Gasteiger partial charge in [-0.05, 0) is 29.8 Å². The van der Waals surface area contributed by atoms with Gasteiger partial charge in [-0.25, -0.2) is 8.78 Å². The van der Waals surface area contributed by atoms with Gasteiger partial charge in [0.1, 0.15) is 23.1 Å². The van der Waals surface area contributed by atoms with Crippen molar-refractivity contribution in [2.24, 2.45) is 0 Å². The average molecular weight is 492 g/mol. The minimum Gasteiger partial charge on any atom is -0.406 e. The smallest absolute Gasteiger partial charge is 0.406 e. The van der Waals surface area contributed by atoms with Crippen LogP contribution >= 0.6 is 0 Å². The summed E-state index contributed by atoms with van der Waals surface area (Å²) in [6, 6.07) is 8.57. The summed E-state index contributed by atoms with van der Waals surface area (Å²) in [5, 5.41) is 18.7. The molecule has 13 heteroatoms. The number of halogens is 7. The number of alkyl halides is 5. The SMILES string of the molecule is C[N+](=O)[O-].OC(c1ccc(F)cc1F)C(F)(F)c1ccc(-c2ccc(OC(F)(F)F)cc2)cn1. The third-order valence-corrected chi connectivity index (χ3v) is 4.13. The molecule has 1 heterocycles. The van der Waals surface area contributed by atoms with E-state index in [-0.39, 0.29) is 0 Å². The Hall–Kier alpha value is -3.74. The lowest BCUT2D eigenvalue weighted by atomic mass is 9.99. The van der Waals surface area contributed by atoms with Gasteiger partial charge in [0, 0.05) is 28.3 Å². The van der Waals surface area contributed by atoms with Crippen molar-refractivity contribution < 1.29 is 45.5 Å². The van der Waals surface area contributed by atoms with Crippen molar-refractivity contribution in [2.45, 2.75) is 18.4 Å². The summed E-state index contributed by atoms with van der Waals surface area (Å²) in [6.45, 7) is 0. The van der Waals surface area contributed by atoms with Crippen LogP contribution in [0, 0.1) is 21.7 Å². The standard InChI is InChI=1S/C20H12F7NO2.CH3NO2/c21-13-4-7-15(16(22)9-13)18(29)19(23,24)17-8-3-12(10-28-17)11-1-5-14(6-2-11)30-20(25,26)27;1-2(3)4/h1-10,18,29H;1H3. The monoisotopic (exact) mass is 492 g/mol. The zero-order valence-corrected chi connectivity index (χ0v) is 17.1. The number of pyridine rings is 1. The van der Waals surface area contributed by atoms with Gasteiger partial charge in [-0.3, -0.25) is 15.1 Å². The Balaban J connectivity index is 0.000000945. The van der Waals surface area contributed by atoms with E-state index in [0.717, 1.165) is 37.5 Å².